The van der Waals surface area contributed by atoms with Gasteiger partial charge in [0.1, 0.15) is 13.2 Å². The Balaban J connectivity index is 1.71. The second-order valence-electron chi connectivity index (χ2n) is 4.81. The van der Waals surface area contributed by atoms with Crippen LogP contribution < -0.4 is 25.8 Å². The smallest absolute Gasteiger partial charge is 0.319 e. The van der Waals surface area contributed by atoms with E-state index in [1.807, 2.05) is 0 Å². The van der Waals surface area contributed by atoms with Crippen molar-refractivity contribution in [1.82, 2.24) is 5.32 Å². The lowest BCUT2D eigenvalue weighted by molar-refractivity contribution is 0.172. The van der Waals surface area contributed by atoms with E-state index in [0.29, 0.717) is 42.1 Å². The van der Waals surface area contributed by atoms with Crippen molar-refractivity contribution in [3.63, 3.8) is 0 Å². The average Bonchev–Trinajstić information content (AvgIpc) is 2.35. The Hall–Kier alpha value is -2.11. The number of fused-ring (bicyclic) bond motifs is 1. The maximum atomic E-state index is 11.8. The Morgan fingerprint density at radius 2 is 1.89 bits per heavy atom. The fourth-order valence-corrected chi connectivity index (χ4v) is 2.11. The van der Waals surface area contributed by atoms with Crippen molar-refractivity contribution in [2.45, 2.75) is 25.3 Å². The molecule has 1 heterocycles. The summed E-state index contributed by atoms with van der Waals surface area (Å²) in [6.45, 7) is 1.02. The number of nitrogens with two attached hydrogens (primary N) is 1. The third-order valence-electron chi connectivity index (χ3n) is 3.40. The van der Waals surface area contributed by atoms with Crippen LogP contribution in [0.25, 0.3) is 0 Å². The summed E-state index contributed by atoms with van der Waals surface area (Å²) < 4.78 is 10.9. The molecule has 1 aliphatic carbocycles. The number of carbonyl (C=O) groups excluding carboxylic acids is 1. The van der Waals surface area contributed by atoms with Gasteiger partial charge in [0.15, 0.2) is 11.5 Å². The summed E-state index contributed by atoms with van der Waals surface area (Å²) in [5.74, 6) is 1.23. The van der Waals surface area contributed by atoms with Crippen molar-refractivity contribution in [2.24, 2.45) is 0 Å². The van der Waals surface area contributed by atoms with E-state index in [9.17, 15) is 4.79 Å². The first kappa shape index (κ1) is 12.0. The van der Waals surface area contributed by atoms with Gasteiger partial charge in [-0.25, -0.2) is 4.79 Å². The molecule has 0 bridgehead atoms. The highest BCUT2D eigenvalue weighted by molar-refractivity contribution is 5.93. The van der Waals surface area contributed by atoms with Gasteiger partial charge in [-0.15, -0.1) is 0 Å². The van der Waals surface area contributed by atoms with Crippen LogP contribution in [0.15, 0.2) is 12.1 Å². The van der Waals surface area contributed by atoms with Gasteiger partial charge < -0.3 is 25.8 Å². The second kappa shape index (κ2) is 4.87. The Labute approximate surface area is 111 Å². The van der Waals surface area contributed by atoms with E-state index in [1.54, 1.807) is 12.1 Å². The number of amides is 2. The van der Waals surface area contributed by atoms with Crippen LogP contribution in [0.5, 0.6) is 11.5 Å². The first-order valence-electron chi connectivity index (χ1n) is 6.49. The normalized spacial score (nSPS) is 17.5. The van der Waals surface area contributed by atoms with Gasteiger partial charge in [0.05, 0.1) is 11.4 Å². The number of hydrogen-bond donors (Lipinski definition) is 3. The number of ether oxygens (including phenoxy) is 2. The molecule has 2 aliphatic rings. The number of rotatable bonds is 2. The quantitative estimate of drug-likeness (QED) is 0.709. The van der Waals surface area contributed by atoms with Gasteiger partial charge in [0.2, 0.25) is 0 Å². The fourth-order valence-electron chi connectivity index (χ4n) is 2.11. The second-order valence-corrected chi connectivity index (χ2v) is 4.81. The summed E-state index contributed by atoms with van der Waals surface area (Å²) in [5.41, 5.74) is 6.90. The van der Waals surface area contributed by atoms with Gasteiger partial charge in [0, 0.05) is 18.2 Å². The van der Waals surface area contributed by atoms with Crippen molar-refractivity contribution in [3.05, 3.63) is 12.1 Å². The van der Waals surface area contributed by atoms with E-state index >= 15 is 0 Å². The number of nitrogen functional groups attached to an aromatic ring is 1. The van der Waals surface area contributed by atoms with Gasteiger partial charge in [0.25, 0.3) is 0 Å². The standard InChI is InChI=1S/C13H17N3O3/c14-9-6-11-12(19-5-4-18-11)7-10(9)16-13(17)15-8-2-1-3-8/h6-8H,1-5,14H2,(H2,15,16,17). The van der Waals surface area contributed by atoms with E-state index in [2.05, 4.69) is 10.6 Å². The first-order chi connectivity index (χ1) is 9.22. The van der Waals surface area contributed by atoms with E-state index < -0.39 is 0 Å². The Kier molecular flexibility index (Phi) is 3.06. The molecule has 0 saturated heterocycles. The van der Waals surface area contributed by atoms with Crippen LogP contribution in [0.4, 0.5) is 16.2 Å². The van der Waals surface area contributed by atoms with Crippen LogP contribution in [-0.2, 0) is 0 Å². The summed E-state index contributed by atoms with van der Waals surface area (Å²) >= 11 is 0. The lowest BCUT2D eigenvalue weighted by atomic mass is 9.93. The number of hydrogen-bond acceptors (Lipinski definition) is 4. The molecule has 0 aromatic heterocycles. The van der Waals surface area contributed by atoms with E-state index in [4.69, 9.17) is 15.2 Å². The molecule has 0 spiro atoms. The van der Waals surface area contributed by atoms with Gasteiger partial charge in [-0.2, -0.15) is 0 Å². The van der Waals surface area contributed by atoms with Gasteiger partial charge in [-0.05, 0) is 19.3 Å². The molecule has 1 aliphatic heterocycles. The highest BCUT2D eigenvalue weighted by Crippen LogP contribution is 2.36. The van der Waals surface area contributed by atoms with Crippen molar-refractivity contribution in [2.75, 3.05) is 24.3 Å². The summed E-state index contributed by atoms with van der Waals surface area (Å²) in [6.07, 6.45) is 3.27. The molecule has 0 radical (unpaired) electrons. The monoisotopic (exact) mass is 263 g/mol. The SMILES string of the molecule is Nc1cc2c(cc1NC(=O)NC1CCC1)OCCO2. The maximum Gasteiger partial charge on any atom is 0.319 e. The van der Waals surface area contributed by atoms with Crippen LogP contribution in [0.2, 0.25) is 0 Å². The summed E-state index contributed by atoms with van der Waals surface area (Å²) in [7, 11) is 0. The maximum absolute atomic E-state index is 11.8. The Bertz CT molecular complexity index is 500. The lowest BCUT2D eigenvalue weighted by Crippen LogP contribution is -2.41. The van der Waals surface area contributed by atoms with Gasteiger partial charge in [-0.3, -0.25) is 0 Å². The molecule has 0 atom stereocenters. The molecule has 1 aromatic carbocycles. The van der Waals surface area contributed by atoms with E-state index in [-0.39, 0.29) is 6.03 Å². The minimum Gasteiger partial charge on any atom is -0.486 e. The molecule has 102 valence electrons. The molecule has 1 fully saturated rings. The minimum atomic E-state index is -0.229. The zero-order chi connectivity index (χ0) is 13.2. The predicted molar refractivity (Wildman–Crippen MR) is 71.6 cm³/mol. The summed E-state index contributed by atoms with van der Waals surface area (Å²) in [6, 6.07) is 3.43. The molecular weight excluding hydrogens is 246 g/mol. The Morgan fingerprint density at radius 1 is 1.21 bits per heavy atom. The van der Waals surface area contributed by atoms with Crippen LogP contribution in [0, 0.1) is 0 Å². The Morgan fingerprint density at radius 3 is 2.53 bits per heavy atom. The van der Waals surface area contributed by atoms with Gasteiger partial charge in [-0.1, -0.05) is 0 Å². The zero-order valence-corrected chi connectivity index (χ0v) is 10.6. The van der Waals surface area contributed by atoms with Crippen LogP contribution in [0.3, 0.4) is 0 Å². The largest absolute Gasteiger partial charge is 0.486 e. The van der Waals surface area contributed by atoms with Crippen LogP contribution in [-0.4, -0.2) is 25.3 Å². The van der Waals surface area contributed by atoms with Crippen LogP contribution in [0.1, 0.15) is 19.3 Å². The van der Waals surface area contributed by atoms with E-state index in [1.165, 1.54) is 6.42 Å². The number of benzene rings is 1. The molecule has 3 rings (SSSR count). The van der Waals surface area contributed by atoms with Crippen molar-refractivity contribution >= 4 is 17.4 Å². The lowest BCUT2D eigenvalue weighted by Gasteiger charge is -2.26. The fraction of sp³-hybridized carbons (Fsp3) is 0.462. The molecule has 1 saturated carbocycles. The van der Waals surface area contributed by atoms with Gasteiger partial charge >= 0.3 is 6.03 Å². The molecule has 6 nitrogen and oxygen atoms in total. The minimum absolute atomic E-state index is 0.229. The van der Waals surface area contributed by atoms with Crippen molar-refractivity contribution in [1.29, 1.82) is 0 Å². The molecular formula is C13H17N3O3. The summed E-state index contributed by atoms with van der Waals surface area (Å²) in [5, 5.41) is 5.64. The zero-order valence-electron chi connectivity index (χ0n) is 10.6. The highest BCUT2D eigenvalue weighted by Gasteiger charge is 2.20. The molecule has 4 N–H and O–H groups in total. The van der Waals surface area contributed by atoms with Crippen molar-refractivity contribution in [3.8, 4) is 11.5 Å². The predicted octanol–water partition coefficient (Wildman–Crippen LogP) is 1.71. The average molecular weight is 263 g/mol. The number of anilines is 2. The number of urea groups is 1. The topological polar surface area (TPSA) is 85.6 Å². The summed E-state index contributed by atoms with van der Waals surface area (Å²) in [4.78, 5) is 11.8. The number of nitrogens with one attached hydrogen (secondary N) is 2. The van der Waals surface area contributed by atoms with E-state index in [0.717, 1.165) is 12.8 Å². The third-order valence-corrected chi connectivity index (χ3v) is 3.40. The van der Waals surface area contributed by atoms with Crippen molar-refractivity contribution < 1.29 is 14.3 Å². The molecule has 2 amide bonds. The third kappa shape index (κ3) is 2.52. The molecule has 0 unspecified atom stereocenters. The van der Waals surface area contributed by atoms with Crippen LogP contribution >= 0.6 is 0 Å². The molecule has 19 heavy (non-hydrogen) atoms. The molecule has 6 heteroatoms. The number of carbonyl (C=O) groups is 1. The highest BCUT2D eigenvalue weighted by atomic mass is 16.6. The molecule has 1 aromatic rings. The first-order valence-corrected chi connectivity index (χ1v) is 6.49.